The van der Waals surface area contributed by atoms with Crippen molar-refractivity contribution in [3.63, 3.8) is 0 Å². The van der Waals surface area contributed by atoms with Crippen LogP contribution in [0.2, 0.25) is 0 Å². The van der Waals surface area contributed by atoms with Gasteiger partial charge in [0.1, 0.15) is 5.82 Å². The van der Waals surface area contributed by atoms with Crippen LogP contribution in [0.4, 0.5) is 11.4 Å². The lowest BCUT2D eigenvalue weighted by molar-refractivity contribution is 0.0827. The van der Waals surface area contributed by atoms with Gasteiger partial charge in [-0.3, -0.25) is 4.79 Å². The lowest BCUT2D eigenvalue weighted by Crippen LogP contribution is -2.22. The molecule has 2 aromatic rings. The summed E-state index contributed by atoms with van der Waals surface area (Å²) in [6.45, 7) is 1.97. The van der Waals surface area contributed by atoms with E-state index in [0.29, 0.717) is 11.3 Å². The van der Waals surface area contributed by atoms with E-state index in [9.17, 15) is 4.79 Å². The summed E-state index contributed by atoms with van der Waals surface area (Å²) in [6, 6.07) is 5.18. The number of imidazole rings is 1. The second-order valence-electron chi connectivity index (χ2n) is 4.84. The highest BCUT2D eigenvalue weighted by Gasteiger charge is 2.13. The van der Waals surface area contributed by atoms with E-state index in [0.717, 1.165) is 11.5 Å². The number of hydrogen-bond acceptors (Lipinski definition) is 4. The molecule has 0 spiro atoms. The number of H-pyrrole nitrogens is 1. The molecule has 6 heteroatoms. The standard InChI is InChI=1S/C14H19N5O/c1-9(13-16-6-7-17-13)18-12-8-10(4-5-11(12)15)14(20)19(2)3/h4-9,18H,15H2,1-3H3,(H,16,17). The molecule has 0 aliphatic heterocycles. The Bertz CT molecular complexity index is 592. The molecule has 1 unspecified atom stereocenters. The fourth-order valence-corrected chi connectivity index (χ4v) is 1.89. The summed E-state index contributed by atoms with van der Waals surface area (Å²) in [6.07, 6.45) is 3.46. The number of nitrogens with two attached hydrogens (primary N) is 1. The van der Waals surface area contributed by atoms with Crippen LogP contribution in [0.5, 0.6) is 0 Å². The fourth-order valence-electron chi connectivity index (χ4n) is 1.89. The van der Waals surface area contributed by atoms with Crippen molar-refractivity contribution in [2.24, 2.45) is 0 Å². The molecule has 0 radical (unpaired) electrons. The van der Waals surface area contributed by atoms with Crippen LogP contribution in [0, 0.1) is 0 Å². The van der Waals surface area contributed by atoms with Gasteiger partial charge in [-0.15, -0.1) is 0 Å². The maximum atomic E-state index is 12.0. The van der Waals surface area contributed by atoms with Gasteiger partial charge in [0.15, 0.2) is 0 Å². The molecule has 0 fully saturated rings. The van der Waals surface area contributed by atoms with E-state index in [-0.39, 0.29) is 11.9 Å². The molecule has 0 saturated heterocycles. The Labute approximate surface area is 118 Å². The number of nitrogen functional groups attached to an aromatic ring is 1. The lowest BCUT2D eigenvalue weighted by atomic mass is 10.1. The zero-order valence-electron chi connectivity index (χ0n) is 11.8. The van der Waals surface area contributed by atoms with Crippen molar-refractivity contribution in [3.8, 4) is 0 Å². The van der Waals surface area contributed by atoms with Gasteiger partial charge >= 0.3 is 0 Å². The van der Waals surface area contributed by atoms with E-state index in [1.165, 1.54) is 4.90 Å². The number of aromatic nitrogens is 2. The summed E-state index contributed by atoms with van der Waals surface area (Å²) in [5.74, 6) is 0.757. The van der Waals surface area contributed by atoms with Crippen LogP contribution in [0.3, 0.4) is 0 Å². The third kappa shape index (κ3) is 2.90. The normalized spacial score (nSPS) is 11.9. The number of nitrogens with zero attached hydrogens (tertiary/aromatic N) is 2. The van der Waals surface area contributed by atoms with Crippen LogP contribution in [0.25, 0.3) is 0 Å². The number of carbonyl (C=O) groups excluding carboxylic acids is 1. The van der Waals surface area contributed by atoms with Crippen molar-refractivity contribution >= 4 is 17.3 Å². The van der Waals surface area contributed by atoms with Crippen molar-refractivity contribution in [2.75, 3.05) is 25.1 Å². The maximum Gasteiger partial charge on any atom is 0.253 e. The Kier molecular flexibility index (Phi) is 3.93. The number of benzene rings is 1. The van der Waals surface area contributed by atoms with Crippen molar-refractivity contribution in [1.29, 1.82) is 0 Å². The van der Waals surface area contributed by atoms with Gasteiger partial charge in [-0.05, 0) is 25.1 Å². The largest absolute Gasteiger partial charge is 0.397 e. The van der Waals surface area contributed by atoms with Crippen LogP contribution < -0.4 is 11.1 Å². The number of aromatic amines is 1. The number of carbonyl (C=O) groups is 1. The van der Waals surface area contributed by atoms with E-state index < -0.39 is 0 Å². The molecular formula is C14H19N5O. The summed E-state index contributed by atoms with van der Waals surface area (Å²) >= 11 is 0. The van der Waals surface area contributed by atoms with Gasteiger partial charge in [0.25, 0.3) is 5.91 Å². The second-order valence-corrected chi connectivity index (χ2v) is 4.84. The summed E-state index contributed by atoms with van der Waals surface area (Å²) < 4.78 is 0. The molecule has 2 rings (SSSR count). The molecule has 0 aliphatic rings. The Hall–Kier alpha value is -2.50. The SMILES string of the molecule is CC(Nc1cc(C(=O)N(C)C)ccc1N)c1ncc[nH]1. The van der Waals surface area contributed by atoms with Gasteiger partial charge in [-0.25, -0.2) is 4.98 Å². The van der Waals surface area contributed by atoms with Crippen molar-refractivity contribution in [1.82, 2.24) is 14.9 Å². The Morgan fingerprint density at radius 1 is 1.45 bits per heavy atom. The first-order valence-corrected chi connectivity index (χ1v) is 6.36. The zero-order chi connectivity index (χ0) is 14.7. The van der Waals surface area contributed by atoms with Gasteiger partial charge in [-0.1, -0.05) is 0 Å². The highest BCUT2D eigenvalue weighted by atomic mass is 16.2. The molecule has 20 heavy (non-hydrogen) atoms. The first-order chi connectivity index (χ1) is 9.49. The summed E-state index contributed by atoms with van der Waals surface area (Å²) in [5.41, 5.74) is 7.86. The summed E-state index contributed by atoms with van der Waals surface area (Å²) in [7, 11) is 3.44. The van der Waals surface area contributed by atoms with Gasteiger partial charge in [-0.2, -0.15) is 0 Å². The topological polar surface area (TPSA) is 87.0 Å². The van der Waals surface area contributed by atoms with Crippen LogP contribution >= 0.6 is 0 Å². The molecule has 1 atom stereocenters. The van der Waals surface area contributed by atoms with Crippen LogP contribution in [0.15, 0.2) is 30.6 Å². The molecule has 0 bridgehead atoms. The van der Waals surface area contributed by atoms with Gasteiger partial charge < -0.3 is 20.9 Å². The third-order valence-electron chi connectivity index (χ3n) is 3.01. The van der Waals surface area contributed by atoms with E-state index in [1.54, 1.807) is 44.7 Å². The average molecular weight is 273 g/mol. The van der Waals surface area contributed by atoms with Crippen LogP contribution in [-0.4, -0.2) is 34.9 Å². The number of rotatable bonds is 4. The number of amides is 1. The van der Waals surface area contributed by atoms with Crippen molar-refractivity contribution in [3.05, 3.63) is 42.0 Å². The summed E-state index contributed by atoms with van der Waals surface area (Å²) in [4.78, 5) is 20.7. The monoisotopic (exact) mass is 273 g/mol. The molecular weight excluding hydrogens is 254 g/mol. The van der Waals surface area contributed by atoms with E-state index in [4.69, 9.17) is 5.73 Å². The predicted octanol–water partition coefficient (Wildman–Crippen LogP) is 1.87. The van der Waals surface area contributed by atoms with E-state index >= 15 is 0 Å². The lowest BCUT2D eigenvalue weighted by Gasteiger charge is -2.17. The molecule has 0 saturated carbocycles. The number of hydrogen-bond donors (Lipinski definition) is 3. The smallest absolute Gasteiger partial charge is 0.253 e. The molecule has 6 nitrogen and oxygen atoms in total. The Balaban J connectivity index is 2.23. The average Bonchev–Trinajstić information content (AvgIpc) is 2.94. The quantitative estimate of drug-likeness (QED) is 0.742. The first kappa shape index (κ1) is 13.9. The fraction of sp³-hybridized carbons (Fsp3) is 0.286. The summed E-state index contributed by atoms with van der Waals surface area (Å²) in [5, 5.41) is 3.26. The Morgan fingerprint density at radius 3 is 2.80 bits per heavy atom. The van der Waals surface area contributed by atoms with E-state index in [2.05, 4.69) is 15.3 Å². The van der Waals surface area contributed by atoms with Crippen LogP contribution in [-0.2, 0) is 0 Å². The third-order valence-corrected chi connectivity index (χ3v) is 3.01. The second kappa shape index (κ2) is 5.64. The molecule has 1 aromatic carbocycles. The van der Waals surface area contributed by atoms with Gasteiger partial charge in [0, 0.05) is 32.1 Å². The number of nitrogens with one attached hydrogen (secondary N) is 2. The molecule has 1 aromatic heterocycles. The minimum Gasteiger partial charge on any atom is -0.397 e. The molecule has 1 amide bonds. The minimum absolute atomic E-state index is 0.0305. The first-order valence-electron chi connectivity index (χ1n) is 6.36. The number of anilines is 2. The maximum absolute atomic E-state index is 12.0. The van der Waals surface area contributed by atoms with Crippen molar-refractivity contribution in [2.45, 2.75) is 13.0 Å². The highest BCUT2D eigenvalue weighted by molar-refractivity contribution is 5.95. The predicted molar refractivity (Wildman–Crippen MR) is 79.5 cm³/mol. The molecule has 4 N–H and O–H groups in total. The van der Waals surface area contributed by atoms with Gasteiger partial charge in [0.2, 0.25) is 0 Å². The van der Waals surface area contributed by atoms with Crippen molar-refractivity contribution < 1.29 is 4.79 Å². The zero-order valence-corrected chi connectivity index (χ0v) is 11.8. The van der Waals surface area contributed by atoms with Crippen LogP contribution in [0.1, 0.15) is 29.1 Å². The molecule has 1 heterocycles. The van der Waals surface area contributed by atoms with E-state index in [1.807, 2.05) is 6.92 Å². The molecule has 0 aliphatic carbocycles. The highest BCUT2D eigenvalue weighted by Crippen LogP contribution is 2.24. The Morgan fingerprint density at radius 2 is 2.20 bits per heavy atom. The minimum atomic E-state index is -0.0568. The molecule has 106 valence electrons. The van der Waals surface area contributed by atoms with Gasteiger partial charge in [0.05, 0.1) is 17.4 Å².